The van der Waals surface area contributed by atoms with Crippen LogP contribution in [0.25, 0.3) is 11.3 Å². The number of benzene rings is 2. The molecule has 0 aliphatic heterocycles. The third kappa shape index (κ3) is 4.79. The lowest BCUT2D eigenvalue weighted by molar-refractivity contribution is 0.475. The van der Waals surface area contributed by atoms with Crippen LogP contribution >= 0.6 is 22.9 Å². The van der Waals surface area contributed by atoms with Crippen LogP contribution in [0.4, 0.5) is 0 Å². The lowest BCUT2D eigenvalue weighted by Gasteiger charge is -2.06. The summed E-state index contributed by atoms with van der Waals surface area (Å²) in [5.74, 6) is 0.00890. The van der Waals surface area contributed by atoms with Gasteiger partial charge in [0.1, 0.15) is 10.8 Å². The zero-order valence-corrected chi connectivity index (χ0v) is 15.4. The van der Waals surface area contributed by atoms with E-state index in [9.17, 15) is 13.5 Å². The van der Waals surface area contributed by atoms with Gasteiger partial charge in [-0.1, -0.05) is 29.8 Å². The standard InChI is InChI=1S/C17H15ClN2O3S2/c18-15-4-2-1-3-13(15)11-25(22,23)19-9-17-20-16(10-24-17)12-5-7-14(21)8-6-12/h1-8,10,19,21H,9,11H2. The molecule has 0 spiro atoms. The summed E-state index contributed by atoms with van der Waals surface area (Å²) in [7, 11) is -3.52. The molecule has 0 unspecified atom stereocenters. The van der Waals surface area contributed by atoms with E-state index >= 15 is 0 Å². The summed E-state index contributed by atoms with van der Waals surface area (Å²) in [6.07, 6.45) is 0. The molecule has 1 heterocycles. The van der Waals surface area contributed by atoms with E-state index < -0.39 is 10.0 Å². The van der Waals surface area contributed by atoms with Crippen LogP contribution in [0.1, 0.15) is 10.6 Å². The van der Waals surface area contributed by atoms with Gasteiger partial charge in [0.2, 0.25) is 10.0 Å². The highest BCUT2D eigenvalue weighted by atomic mass is 35.5. The molecular weight excluding hydrogens is 380 g/mol. The van der Waals surface area contributed by atoms with Crippen molar-refractivity contribution in [3.63, 3.8) is 0 Å². The maximum Gasteiger partial charge on any atom is 0.216 e. The molecule has 0 atom stereocenters. The van der Waals surface area contributed by atoms with Crippen molar-refractivity contribution in [2.75, 3.05) is 0 Å². The zero-order valence-electron chi connectivity index (χ0n) is 13.0. The van der Waals surface area contributed by atoms with Crippen molar-refractivity contribution in [2.45, 2.75) is 12.3 Å². The number of hydrogen-bond donors (Lipinski definition) is 2. The largest absolute Gasteiger partial charge is 0.508 e. The monoisotopic (exact) mass is 394 g/mol. The minimum Gasteiger partial charge on any atom is -0.508 e. The third-order valence-corrected chi connectivity index (χ3v) is 5.95. The number of halogens is 1. The summed E-state index contributed by atoms with van der Waals surface area (Å²) in [6, 6.07) is 13.5. The van der Waals surface area contributed by atoms with Crippen molar-refractivity contribution < 1.29 is 13.5 Å². The molecule has 0 aliphatic carbocycles. The molecule has 2 N–H and O–H groups in total. The molecule has 25 heavy (non-hydrogen) atoms. The molecule has 5 nitrogen and oxygen atoms in total. The van der Waals surface area contributed by atoms with E-state index in [1.165, 1.54) is 11.3 Å². The van der Waals surface area contributed by atoms with Crippen LogP contribution in [0.3, 0.4) is 0 Å². The first-order chi connectivity index (χ1) is 11.9. The van der Waals surface area contributed by atoms with E-state index in [1.54, 1.807) is 48.5 Å². The summed E-state index contributed by atoms with van der Waals surface area (Å²) in [4.78, 5) is 4.42. The van der Waals surface area contributed by atoms with E-state index in [4.69, 9.17) is 11.6 Å². The second kappa shape index (κ2) is 7.53. The molecule has 3 aromatic rings. The number of aromatic nitrogens is 1. The molecule has 0 saturated heterocycles. The van der Waals surface area contributed by atoms with Crippen molar-refractivity contribution in [3.05, 3.63) is 69.5 Å². The maximum absolute atomic E-state index is 12.2. The van der Waals surface area contributed by atoms with Crippen LogP contribution < -0.4 is 4.72 Å². The fraction of sp³-hybridized carbons (Fsp3) is 0.118. The predicted molar refractivity (Wildman–Crippen MR) is 100 cm³/mol. The average molecular weight is 395 g/mol. The van der Waals surface area contributed by atoms with Crippen LogP contribution in [0, 0.1) is 0 Å². The zero-order chi connectivity index (χ0) is 17.9. The van der Waals surface area contributed by atoms with Crippen molar-refractivity contribution in [3.8, 4) is 17.0 Å². The Hall–Kier alpha value is -1.93. The summed E-state index contributed by atoms with van der Waals surface area (Å²) < 4.78 is 27.0. The predicted octanol–water partition coefficient (Wildman–Crippen LogP) is 3.79. The van der Waals surface area contributed by atoms with Crippen LogP contribution in [-0.2, 0) is 22.3 Å². The van der Waals surface area contributed by atoms with Gasteiger partial charge in [-0.25, -0.2) is 18.1 Å². The highest BCUT2D eigenvalue weighted by molar-refractivity contribution is 7.88. The number of phenolic OH excluding ortho intramolecular Hbond substituents is 1. The Balaban J connectivity index is 1.65. The highest BCUT2D eigenvalue weighted by Gasteiger charge is 2.14. The smallest absolute Gasteiger partial charge is 0.216 e. The van der Waals surface area contributed by atoms with Gasteiger partial charge in [0.05, 0.1) is 18.0 Å². The first-order valence-electron chi connectivity index (χ1n) is 7.37. The summed E-state index contributed by atoms with van der Waals surface area (Å²) in [5, 5.41) is 12.3. The fourth-order valence-corrected chi connectivity index (χ4v) is 4.44. The summed E-state index contributed by atoms with van der Waals surface area (Å²) in [6.45, 7) is 0.121. The third-order valence-electron chi connectivity index (χ3n) is 3.46. The number of nitrogens with one attached hydrogen (secondary N) is 1. The quantitative estimate of drug-likeness (QED) is 0.666. The average Bonchev–Trinajstić information content (AvgIpc) is 3.05. The Bertz CT molecular complexity index is 970. The lowest BCUT2D eigenvalue weighted by Crippen LogP contribution is -2.24. The Morgan fingerprint density at radius 1 is 1.12 bits per heavy atom. The Kier molecular flexibility index (Phi) is 5.39. The molecule has 0 aliphatic rings. The second-order valence-corrected chi connectivity index (χ2v) is 8.50. The molecule has 130 valence electrons. The SMILES string of the molecule is O=S(=O)(Cc1ccccc1Cl)NCc1nc(-c2ccc(O)cc2)cs1. The van der Waals surface area contributed by atoms with E-state index in [-0.39, 0.29) is 18.0 Å². The topological polar surface area (TPSA) is 79.3 Å². The number of aromatic hydroxyl groups is 1. The normalized spacial score (nSPS) is 11.6. The van der Waals surface area contributed by atoms with Crippen LogP contribution in [0.15, 0.2) is 53.9 Å². The molecular formula is C17H15ClN2O3S2. The minimum atomic E-state index is -3.52. The van der Waals surface area contributed by atoms with E-state index in [0.717, 1.165) is 11.3 Å². The molecule has 1 aromatic heterocycles. The Morgan fingerprint density at radius 2 is 1.84 bits per heavy atom. The first kappa shape index (κ1) is 17.9. The number of rotatable bonds is 6. The molecule has 2 aromatic carbocycles. The van der Waals surface area contributed by atoms with Gasteiger partial charge in [0, 0.05) is 16.0 Å². The molecule has 8 heteroatoms. The number of thiazole rings is 1. The number of sulfonamides is 1. The molecule has 0 fully saturated rings. The Labute approximate surface area is 155 Å². The van der Waals surface area contributed by atoms with Gasteiger partial charge in [-0.15, -0.1) is 11.3 Å². The highest BCUT2D eigenvalue weighted by Crippen LogP contribution is 2.24. The van der Waals surface area contributed by atoms with E-state index in [0.29, 0.717) is 15.6 Å². The minimum absolute atomic E-state index is 0.121. The van der Waals surface area contributed by atoms with Crippen LogP contribution in [0.5, 0.6) is 5.75 Å². The molecule has 3 rings (SSSR count). The van der Waals surface area contributed by atoms with Crippen LogP contribution in [0.2, 0.25) is 5.02 Å². The molecule has 0 amide bonds. The maximum atomic E-state index is 12.2. The van der Waals surface area contributed by atoms with Gasteiger partial charge in [-0.05, 0) is 35.9 Å². The van der Waals surface area contributed by atoms with E-state index in [1.807, 2.05) is 5.38 Å². The fourth-order valence-electron chi connectivity index (χ4n) is 2.20. The first-order valence-corrected chi connectivity index (χ1v) is 10.3. The summed E-state index contributed by atoms with van der Waals surface area (Å²) >= 11 is 7.38. The molecule has 0 radical (unpaired) electrons. The van der Waals surface area contributed by atoms with Gasteiger partial charge in [-0.2, -0.15) is 0 Å². The number of phenols is 1. The van der Waals surface area contributed by atoms with Crippen molar-refractivity contribution in [1.29, 1.82) is 0 Å². The van der Waals surface area contributed by atoms with Gasteiger partial charge < -0.3 is 5.11 Å². The second-order valence-electron chi connectivity index (χ2n) is 5.34. The van der Waals surface area contributed by atoms with E-state index in [2.05, 4.69) is 9.71 Å². The molecule has 0 bridgehead atoms. The van der Waals surface area contributed by atoms with Crippen molar-refractivity contribution in [2.24, 2.45) is 0 Å². The molecule has 0 saturated carbocycles. The van der Waals surface area contributed by atoms with Gasteiger partial charge >= 0.3 is 0 Å². The summed E-state index contributed by atoms with van der Waals surface area (Å²) in [5.41, 5.74) is 2.16. The van der Waals surface area contributed by atoms with Gasteiger partial charge in [0.25, 0.3) is 0 Å². The van der Waals surface area contributed by atoms with Crippen molar-refractivity contribution in [1.82, 2.24) is 9.71 Å². The lowest BCUT2D eigenvalue weighted by atomic mass is 10.2. The number of nitrogens with zero attached hydrogens (tertiary/aromatic N) is 1. The van der Waals surface area contributed by atoms with Gasteiger partial charge in [0.15, 0.2) is 0 Å². The van der Waals surface area contributed by atoms with Crippen LogP contribution in [-0.4, -0.2) is 18.5 Å². The van der Waals surface area contributed by atoms with Crippen molar-refractivity contribution >= 4 is 33.0 Å². The number of hydrogen-bond acceptors (Lipinski definition) is 5. The Morgan fingerprint density at radius 3 is 2.56 bits per heavy atom. The van der Waals surface area contributed by atoms with Gasteiger partial charge in [-0.3, -0.25) is 0 Å².